The Labute approximate surface area is 210 Å². The monoisotopic (exact) mass is 534 g/mol. The third-order valence-electron chi connectivity index (χ3n) is 5.37. The summed E-state index contributed by atoms with van der Waals surface area (Å²) < 4.78 is 7.57. The summed E-state index contributed by atoms with van der Waals surface area (Å²) in [7, 11) is 1.27. The number of hydrogen-bond acceptors (Lipinski definition) is 11. The van der Waals surface area contributed by atoms with E-state index >= 15 is 0 Å². The molecule has 2 aliphatic rings. The first-order valence-corrected chi connectivity index (χ1v) is 12.3. The van der Waals surface area contributed by atoms with E-state index in [1.54, 1.807) is 16.9 Å². The van der Waals surface area contributed by atoms with Crippen LogP contribution in [-0.2, 0) is 25.8 Å². The van der Waals surface area contributed by atoms with E-state index < -0.39 is 28.5 Å². The first-order valence-electron chi connectivity index (χ1n) is 10.1. The van der Waals surface area contributed by atoms with E-state index in [1.165, 1.54) is 23.8 Å². The van der Waals surface area contributed by atoms with Gasteiger partial charge in [-0.2, -0.15) is 9.36 Å². The van der Waals surface area contributed by atoms with Crippen LogP contribution in [0.3, 0.4) is 0 Å². The molecule has 0 aliphatic carbocycles. The van der Waals surface area contributed by atoms with Crippen molar-refractivity contribution in [3.63, 3.8) is 0 Å². The van der Waals surface area contributed by atoms with Crippen molar-refractivity contribution < 1.29 is 23.8 Å². The topological polar surface area (TPSA) is 161 Å². The average Bonchev–Trinajstić information content (AvgIpc) is 3.46. The largest absolute Gasteiger partial charge is 0.398 e. The second kappa shape index (κ2) is 9.24. The second-order valence-electron chi connectivity index (χ2n) is 7.42. The van der Waals surface area contributed by atoms with Crippen LogP contribution in [0.1, 0.15) is 5.82 Å². The summed E-state index contributed by atoms with van der Waals surface area (Å²) in [6, 6.07) is 2.80. The van der Waals surface area contributed by atoms with Gasteiger partial charge in [0.2, 0.25) is 11.5 Å². The highest BCUT2D eigenvalue weighted by Crippen LogP contribution is 2.41. The number of thioether (sulfide) groups is 1. The molecule has 13 nitrogen and oxygen atoms in total. The van der Waals surface area contributed by atoms with Crippen LogP contribution in [0.25, 0.3) is 5.65 Å². The molecule has 5 heterocycles. The van der Waals surface area contributed by atoms with Crippen LogP contribution in [0.15, 0.2) is 47.1 Å². The minimum atomic E-state index is -0.898. The Bertz CT molecular complexity index is 1420. The summed E-state index contributed by atoms with van der Waals surface area (Å²) >= 11 is 8.23. The standard InChI is InChI=1S/C19H16ClN9O4S2/c1-33-25-11(15-24-19(21)35-26-15)16(31)23-12-17(32)29-13(14(20)30)9(8-34-18(12)29)7-27-5-6-28-10(27)3-2-4-22-28/h2-6,12,18H,7-8H2,1H3,(H2-,21,23,24,26,31)/p+1/b25-11+/t12-,18-/m1/s1. The minimum Gasteiger partial charge on any atom is -0.398 e. The highest BCUT2D eigenvalue weighted by molar-refractivity contribution is 8.00. The van der Waals surface area contributed by atoms with Gasteiger partial charge >= 0.3 is 5.65 Å². The number of nitrogens with one attached hydrogen (secondary N) is 1. The van der Waals surface area contributed by atoms with Gasteiger partial charge in [0.1, 0.15) is 37.0 Å². The maximum atomic E-state index is 13.0. The van der Waals surface area contributed by atoms with Gasteiger partial charge in [0.25, 0.3) is 17.1 Å². The van der Waals surface area contributed by atoms with Crippen LogP contribution in [0.2, 0.25) is 0 Å². The molecule has 16 heteroatoms. The summed E-state index contributed by atoms with van der Waals surface area (Å²) in [5.74, 6) is -0.757. The van der Waals surface area contributed by atoms with E-state index in [0.29, 0.717) is 17.9 Å². The lowest BCUT2D eigenvalue weighted by Gasteiger charge is -2.49. The molecule has 0 aromatic carbocycles. The molecule has 2 amide bonds. The maximum Gasteiger partial charge on any atom is 0.307 e. The SMILES string of the molecule is CO/N=C(/C(=O)N[C@@H]1C(=O)N2C(C(=O)Cl)=C(C[n+]3ccn4ncccc43)CS[C@H]12)c1nsc(N)n1. The summed E-state index contributed by atoms with van der Waals surface area (Å²) in [5, 5.41) is 9.43. The molecule has 0 radical (unpaired) electrons. The zero-order valence-electron chi connectivity index (χ0n) is 18.0. The van der Waals surface area contributed by atoms with Crippen molar-refractivity contribution in [2.75, 3.05) is 18.6 Å². The molecule has 0 unspecified atom stereocenters. The van der Waals surface area contributed by atoms with Gasteiger partial charge in [0, 0.05) is 28.9 Å². The number of nitrogens with two attached hydrogens (primary N) is 1. The van der Waals surface area contributed by atoms with E-state index in [9.17, 15) is 14.4 Å². The molecule has 3 N–H and O–H groups in total. The second-order valence-corrected chi connectivity index (χ2v) is 9.65. The Hall–Kier alpha value is -3.56. The lowest BCUT2D eigenvalue weighted by molar-refractivity contribution is -0.662. The number of allylic oxidation sites excluding steroid dienone is 1. The van der Waals surface area contributed by atoms with Crippen molar-refractivity contribution in [1.82, 2.24) is 29.2 Å². The van der Waals surface area contributed by atoms with Crippen molar-refractivity contribution in [2.45, 2.75) is 18.0 Å². The Morgan fingerprint density at radius 3 is 3.00 bits per heavy atom. The molecule has 2 aliphatic heterocycles. The predicted octanol–water partition coefficient (Wildman–Crippen LogP) is -0.474. The molecule has 1 fully saturated rings. The Morgan fingerprint density at radius 2 is 2.29 bits per heavy atom. The number of imidazole rings is 1. The first kappa shape index (κ1) is 23.2. The fourth-order valence-electron chi connectivity index (χ4n) is 3.88. The predicted molar refractivity (Wildman–Crippen MR) is 126 cm³/mol. The summed E-state index contributed by atoms with van der Waals surface area (Å²) in [5.41, 5.74) is 7.00. The Morgan fingerprint density at radius 1 is 1.46 bits per heavy atom. The van der Waals surface area contributed by atoms with Crippen molar-refractivity contribution >= 4 is 68.4 Å². The number of amides is 2. The molecule has 0 bridgehead atoms. The van der Waals surface area contributed by atoms with Crippen molar-refractivity contribution in [2.24, 2.45) is 5.16 Å². The number of nitrogens with zero attached hydrogens (tertiary/aromatic N) is 7. The quantitative estimate of drug-likeness (QED) is 0.134. The van der Waals surface area contributed by atoms with Crippen LogP contribution >= 0.6 is 34.9 Å². The molecule has 0 spiro atoms. The van der Waals surface area contributed by atoms with Crippen LogP contribution < -0.4 is 15.6 Å². The smallest absolute Gasteiger partial charge is 0.307 e. The first-order chi connectivity index (χ1) is 16.9. The van der Waals surface area contributed by atoms with E-state index in [2.05, 4.69) is 24.9 Å². The number of fused-ring (bicyclic) bond motifs is 2. The van der Waals surface area contributed by atoms with E-state index in [1.807, 2.05) is 22.9 Å². The van der Waals surface area contributed by atoms with Crippen LogP contribution in [0.4, 0.5) is 5.13 Å². The van der Waals surface area contributed by atoms with Gasteiger partial charge in [-0.15, -0.1) is 16.3 Å². The summed E-state index contributed by atoms with van der Waals surface area (Å²) in [4.78, 5) is 48.3. The molecule has 180 valence electrons. The number of rotatable bonds is 7. The number of aromatic nitrogens is 5. The molecule has 2 atom stereocenters. The highest BCUT2D eigenvalue weighted by Gasteiger charge is 2.54. The molecule has 3 aromatic rings. The number of carbonyl (C=O) groups is 3. The third kappa shape index (κ3) is 4.11. The molecular weight excluding hydrogens is 518 g/mol. The molecular formula is C19H17ClN9O4S2+. The average molecular weight is 535 g/mol. The normalized spacial score (nSPS) is 20.0. The molecule has 1 saturated heterocycles. The minimum absolute atomic E-state index is 0.0168. The number of anilines is 1. The lowest BCUT2D eigenvalue weighted by Crippen LogP contribution is -2.71. The summed E-state index contributed by atoms with van der Waals surface area (Å²) in [6.07, 6.45) is 5.29. The number of nitrogen functional groups attached to an aromatic ring is 1. The molecule has 0 saturated carbocycles. The van der Waals surface area contributed by atoms with Gasteiger partial charge in [-0.1, -0.05) is 10.3 Å². The van der Waals surface area contributed by atoms with Gasteiger partial charge in [-0.25, -0.2) is 4.57 Å². The third-order valence-corrected chi connectivity index (χ3v) is 7.43. The van der Waals surface area contributed by atoms with Gasteiger partial charge in [0.15, 0.2) is 11.3 Å². The van der Waals surface area contributed by atoms with Crippen molar-refractivity contribution in [3.8, 4) is 0 Å². The lowest BCUT2D eigenvalue weighted by atomic mass is 10.0. The highest BCUT2D eigenvalue weighted by atomic mass is 35.5. The van der Waals surface area contributed by atoms with E-state index in [-0.39, 0.29) is 22.4 Å². The molecule has 5 rings (SSSR count). The van der Waals surface area contributed by atoms with Gasteiger partial charge in [-0.05, 0) is 17.7 Å². The van der Waals surface area contributed by atoms with Crippen LogP contribution in [0, 0.1) is 0 Å². The number of hydrogen-bond donors (Lipinski definition) is 2. The number of β-lactam (4-membered cyclic amide) rings is 1. The van der Waals surface area contributed by atoms with Crippen molar-refractivity contribution in [1.29, 1.82) is 0 Å². The number of halogens is 1. The number of carbonyl (C=O) groups excluding carboxylic acids is 3. The summed E-state index contributed by atoms with van der Waals surface area (Å²) in [6.45, 7) is 0.345. The maximum absolute atomic E-state index is 13.0. The Balaban J connectivity index is 1.37. The van der Waals surface area contributed by atoms with Crippen molar-refractivity contribution in [3.05, 3.63) is 47.8 Å². The van der Waals surface area contributed by atoms with Gasteiger partial charge in [-0.3, -0.25) is 19.3 Å². The Kier molecular flexibility index (Phi) is 6.12. The molecule has 35 heavy (non-hydrogen) atoms. The van der Waals surface area contributed by atoms with Gasteiger partial charge in [0.05, 0.1) is 6.20 Å². The van der Waals surface area contributed by atoms with E-state index in [4.69, 9.17) is 22.2 Å². The zero-order valence-corrected chi connectivity index (χ0v) is 20.4. The molecule has 3 aromatic heterocycles. The van der Waals surface area contributed by atoms with Crippen LogP contribution in [0.5, 0.6) is 0 Å². The van der Waals surface area contributed by atoms with Crippen LogP contribution in [-0.4, -0.2) is 70.9 Å². The number of oxime groups is 1. The fraction of sp³-hybridized carbons (Fsp3) is 0.263. The zero-order chi connectivity index (χ0) is 24.7. The van der Waals surface area contributed by atoms with Gasteiger partial charge < -0.3 is 15.9 Å². The van der Waals surface area contributed by atoms with E-state index in [0.717, 1.165) is 17.2 Å². The fourth-order valence-corrected chi connectivity index (χ4v) is 5.87.